The van der Waals surface area contributed by atoms with Gasteiger partial charge in [-0.05, 0) is 24.8 Å². The second kappa shape index (κ2) is 3.95. The van der Waals surface area contributed by atoms with Crippen LogP contribution in [0.5, 0.6) is 0 Å². The lowest BCUT2D eigenvalue weighted by atomic mass is 10.1. The Morgan fingerprint density at radius 3 is 2.89 bits per heavy atom. The molecule has 0 radical (unpaired) electrons. The summed E-state index contributed by atoms with van der Waals surface area (Å²) < 4.78 is 1.85. The highest BCUT2D eigenvalue weighted by Gasteiger charge is 2.42. The summed E-state index contributed by atoms with van der Waals surface area (Å²) in [6.07, 6.45) is 5.58. The van der Waals surface area contributed by atoms with Crippen LogP contribution in [-0.4, -0.2) is 31.9 Å². The molecule has 2 aromatic rings. The van der Waals surface area contributed by atoms with Crippen LogP contribution in [0, 0.1) is 0 Å². The fourth-order valence-electron chi connectivity index (χ4n) is 2.04. The number of hydrogen-bond acceptors (Lipinski definition) is 4. The van der Waals surface area contributed by atoms with E-state index in [2.05, 4.69) is 35.3 Å². The van der Waals surface area contributed by atoms with Crippen LogP contribution in [0.25, 0.3) is 5.52 Å². The third kappa shape index (κ3) is 1.84. The number of hydrogen-bond donors (Lipinski definition) is 2. The summed E-state index contributed by atoms with van der Waals surface area (Å²) in [6, 6.07) is 2.06. The first-order valence-corrected chi connectivity index (χ1v) is 6.37. The van der Waals surface area contributed by atoms with E-state index >= 15 is 0 Å². The highest BCUT2D eigenvalue weighted by atomic mass is 16.3. The molecule has 1 saturated carbocycles. The Morgan fingerprint density at radius 1 is 1.50 bits per heavy atom. The molecule has 5 heteroatoms. The van der Waals surface area contributed by atoms with Gasteiger partial charge in [0.1, 0.15) is 5.52 Å². The SMILES string of the molecule is CC(C)c1cc2c(NC3(CO)CC3)nccn2n1. The van der Waals surface area contributed by atoms with E-state index in [1.165, 1.54) is 0 Å². The monoisotopic (exact) mass is 246 g/mol. The summed E-state index contributed by atoms with van der Waals surface area (Å²) in [5.74, 6) is 1.20. The summed E-state index contributed by atoms with van der Waals surface area (Å²) in [4.78, 5) is 4.37. The molecule has 0 saturated heterocycles. The molecule has 0 unspecified atom stereocenters. The van der Waals surface area contributed by atoms with Crippen molar-refractivity contribution in [3.05, 3.63) is 24.2 Å². The Hall–Kier alpha value is -1.62. The van der Waals surface area contributed by atoms with Gasteiger partial charge in [-0.25, -0.2) is 9.50 Å². The minimum Gasteiger partial charge on any atom is -0.394 e. The molecule has 2 aromatic heterocycles. The molecular formula is C13H18N4O. The van der Waals surface area contributed by atoms with Crippen LogP contribution in [0.1, 0.15) is 38.3 Å². The molecule has 0 spiro atoms. The molecule has 1 fully saturated rings. The van der Waals surface area contributed by atoms with Gasteiger partial charge in [0, 0.05) is 12.4 Å². The van der Waals surface area contributed by atoms with Crippen molar-refractivity contribution in [2.24, 2.45) is 0 Å². The minimum absolute atomic E-state index is 0.154. The average molecular weight is 246 g/mol. The standard InChI is InChI=1S/C13H18N4O/c1-9(2)10-7-11-12(14-5-6-17(11)16-10)15-13(8-18)3-4-13/h5-7,9,18H,3-4,8H2,1-2H3,(H,14,15). The minimum atomic E-state index is -0.156. The Kier molecular flexibility index (Phi) is 2.52. The van der Waals surface area contributed by atoms with E-state index in [1.807, 2.05) is 10.7 Å². The molecule has 18 heavy (non-hydrogen) atoms. The van der Waals surface area contributed by atoms with Crippen LogP contribution in [-0.2, 0) is 0 Å². The first-order valence-electron chi connectivity index (χ1n) is 6.37. The van der Waals surface area contributed by atoms with E-state index in [-0.39, 0.29) is 12.1 Å². The van der Waals surface area contributed by atoms with Crippen molar-refractivity contribution in [2.45, 2.75) is 38.1 Å². The summed E-state index contributed by atoms with van der Waals surface area (Å²) in [6.45, 7) is 4.40. The molecule has 1 aliphatic carbocycles. The van der Waals surface area contributed by atoms with Gasteiger partial charge in [-0.15, -0.1) is 0 Å². The van der Waals surface area contributed by atoms with E-state index in [0.717, 1.165) is 29.9 Å². The molecular weight excluding hydrogens is 228 g/mol. The van der Waals surface area contributed by atoms with E-state index < -0.39 is 0 Å². The first kappa shape index (κ1) is 11.5. The van der Waals surface area contributed by atoms with Crippen molar-refractivity contribution in [1.82, 2.24) is 14.6 Å². The predicted molar refractivity (Wildman–Crippen MR) is 69.7 cm³/mol. The number of aliphatic hydroxyl groups is 1. The third-order valence-corrected chi connectivity index (χ3v) is 3.54. The largest absolute Gasteiger partial charge is 0.394 e. The van der Waals surface area contributed by atoms with Gasteiger partial charge in [-0.1, -0.05) is 13.8 Å². The Morgan fingerprint density at radius 2 is 2.28 bits per heavy atom. The summed E-state index contributed by atoms with van der Waals surface area (Å²) in [7, 11) is 0. The molecule has 0 aliphatic heterocycles. The highest BCUT2D eigenvalue weighted by Crippen LogP contribution is 2.38. The number of aromatic nitrogens is 3. The molecule has 0 bridgehead atoms. The predicted octanol–water partition coefficient (Wildman–Crippen LogP) is 1.79. The lowest BCUT2D eigenvalue weighted by Gasteiger charge is -2.15. The maximum atomic E-state index is 9.37. The Labute approximate surface area is 106 Å². The van der Waals surface area contributed by atoms with Crippen molar-refractivity contribution in [3.63, 3.8) is 0 Å². The zero-order chi connectivity index (χ0) is 12.8. The van der Waals surface area contributed by atoms with Crippen molar-refractivity contribution in [3.8, 4) is 0 Å². The van der Waals surface area contributed by atoms with Crippen molar-refractivity contribution in [1.29, 1.82) is 0 Å². The summed E-state index contributed by atoms with van der Waals surface area (Å²) >= 11 is 0. The van der Waals surface area contributed by atoms with Crippen LogP contribution in [0.3, 0.4) is 0 Å². The van der Waals surface area contributed by atoms with Crippen molar-refractivity contribution < 1.29 is 5.11 Å². The second-order valence-corrected chi connectivity index (χ2v) is 5.39. The van der Waals surface area contributed by atoms with Crippen LogP contribution < -0.4 is 5.32 Å². The smallest absolute Gasteiger partial charge is 0.152 e. The van der Waals surface area contributed by atoms with Gasteiger partial charge >= 0.3 is 0 Å². The van der Waals surface area contributed by atoms with E-state index in [0.29, 0.717) is 5.92 Å². The third-order valence-electron chi connectivity index (χ3n) is 3.54. The molecule has 2 heterocycles. The quantitative estimate of drug-likeness (QED) is 0.863. The van der Waals surface area contributed by atoms with E-state index in [9.17, 15) is 5.11 Å². The number of aliphatic hydroxyl groups excluding tert-OH is 1. The van der Waals surface area contributed by atoms with Crippen LogP contribution in [0.4, 0.5) is 5.82 Å². The molecule has 1 aliphatic rings. The zero-order valence-corrected chi connectivity index (χ0v) is 10.7. The van der Waals surface area contributed by atoms with Gasteiger partial charge in [0.15, 0.2) is 5.82 Å². The van der Waals surface area contributed by atoms with Gasteiger partial charge in [0.25, 0.3) is 0 Å². The van der Waals surface area contributed by atoms with Gasteiger partial charge in [-0.3, -0.25) is 0 Å². The van der Waals surface area contributed by atoms with E-state index in [4.69, 9.17) is 0 Å². The number of fused-ring (bicyclic) bond motifs is 1. The molecule has 5 nitrogen and oxygen atoms in total. The molecule has 96 valence electrons. The highest BCUT2D eigenvalue weighted by molar-refractivity contribution is 5.69. The van der Waals surface area contributed by atoms with Gasteiger partial charge in [0.2, 0.25) is 0 Å². The van der Waals surface area contributed by atoms with Gasteiger partial charge < -0.3 is 10.4 Å². The number of anilines is 1. The molecule has 0 aromatic carbocycles. The second-order valence-electron chi connectivity index (χ2n) is 5.39. The van der Waals surface area contributed by atoms with Crippen molar-refractivity contribution >= 4 is 11.3 Å². The fraction of sp³-hybridized carbons (Fsp3) is 0.538. The van der Waals surface area contributed by atoms with E-state index in [1.54, 1.807) is 6.20 Å². The van der Waals surface area contributed by atoms with Crippen LogP contribution in [0.15, 0.2) is 18.5 Å². The van der Waals surface area contributed by atoms with Gasteiger partial charge in [0.05, 0.1) is 17.8 Å². The molecule has 0 amide bonds. The summed E-state index contributed by atoms with van der Waals surface area (Å²) in [5, 5.41) is 17.2. The zero-order valence-electron chi connectivity index (χ0n) is 10.7. The fourth-order valence-corrected chi connectivity index (χ4v) is 2.04. The van der Waals surface area contributed by atoms with Crippen molar-refractivity contribution in [2.75, 3.05) is 11.9 Å². The molecule has 3 rings (SSSR count). The topological polar surface area (TPSA) is 62.5 Å². The average Bonchev–Trinajstić information content (AvgIpc) is 2.98. The number of nitrogens with one attached hydrogen (secondary N) is 1. The molecule has 2 N–H and O–H groups in total. The lowest BCUT2D eigenvalue weighted by molar-refractivity contribution is 0.266. The van der Waals surface area contributed by atoms with Crippen LogP contribution >= 0.6 is 0 Å². The maximum Gasteiger partial charge on any atom is 0.152 e. The number of nitrogens with zero attached hydrogens (tertiary/aromatic N) is 3. The molecule has 0 atom stereocenters. The first-order chi connectivity index (χ1) is 8.63. The normalized spacial score (nSPS) is 17.3. The Balaban J connectivity index is 2.01. The van der Waals surface area contributed by atoms with Gasteiger partial charge in [-0.2, -0.15) is 5.10 Å². The number of rotatable bonds is 4. The van der Waals surface area contributed by atoms with Crippen LogP contribution in [0.2, 0.25) is 0 Å². The Bertz CT molecular complexity index is 571. The lowest BCUT2D eigenvalue weighted by Crippen LogP contribution is -2.26. The summed E-state index contributed by atoms with van der Waals surface area (Å²) in [5.41, 5.74) is 1.87. The maximum absolute atomic E-state index is 9.37.